The van der Waals surface area contributed by atoms with Crippen LogP contribution in [0.2, 0.25) is 0 Å². The lowest BCUT2D eigenvalue weighted by Crippen LogP contribution is -2.25. The summed E-state index contributed by atoms with van der Waals surface area (Å²) in [4.78, 5) is 16.3. The molecule has 132 valence electrons. The average molecular weight is 347 g/mol. The lowest BCUT2D eigenvalue weighted by atomic mass is 10.1. The molecule has 6 nitrogen and oxygen atoms in total. The van der Waals surface area contributed by atoms with Gasteiger partial charge in [0.2, 0.25) is 5.91 Å². The van der Waals surface area contributed by atoms with Crippen molar-refractivity contribution in [1.82, 2.24) is 19.9 Å². The lowest BCUT2D eigenvalue weighted by Gasteiger charge is -2.06. The number of nitrogens with one attached hydrogen (secondary N) is 1. The second-order valence-corrected chi connectivity index (χ2v) is 6.31. The fraction of sp³-hybridized carbons (Fsp3) is 0.300. The predicted octanol–water partition coefficient (Wildman–Crippen LogP) is 2.59. The second-order valence-electron chi connectivity index (χ2n) is 6.31. The highest BCUT2D eigenvalue weighted by Gasteiger charge is 2.04. The van der Waals surface area contributed by atoms with Crippen LogP contribution in [0.3, 0.4) is 0 Å². The topological polar surface area (TPSA) is 83.1 Å². The maximum atomic E-state index is 11.9. The van der Waals surface area contributed by atoms with Gasteiger partial charge >= 0.3 is 0 Å². The van der Waals surface area contributed by atoms with Crippen LogP contribution in [-0.2, 0) is 17.6 Å². The third kappa shape index (κ3) is 4.67. The molecule has 0 radical (unpaired) electrons. The number of fused-ring (bicyclic) bond motifs is 1. The Kier molecular flexibility index (Phi) is 5.59. The summed E-state index contributed by atoms with van der Waals surface area (Å²) in [5.74, 6) is 0.0469. The zero-order chi connectivity index (χ0) is 18.4. The fourth-order valence-electron chi connectivity index (χ4n) is 2.78. The van der Waals surface area contributed by atoms with Crippen molar-refractivity contribution >= 4 is 11.6 Å². The third-order valence-corrected chi connectivity index (χ3v) is 4.18. The predicted molar refractivity (Wildman–Crippen MR) is 98.5 cm³/mol. The Morgan fingerprint density at radius 2 is 2.04 bits per heavy atom. The molecular weight excluding hydrogens is 326 g/mol. The number of nitriles is 1. The number of hydrogen-bond donors (Lipinski definition) is 1. The Balaban J connectivity index is 1.38. The van der Waals surface area contributed by atoms with Gasteiger partial charge in [0.05, 0.1) is 17.3 Å². The molecule has 0 bridgehead atoms. The minimum absolute atomic E-state index is 0.0469. The summed E-state index contributed by atoms with van der Waals surface area (Å²) in [5.41, 5.74) is 4.60. The summed E-state index contributed by atoms with van der Waals surface area (Å²) in [6.07, 6.45) is 6.68. The highest BCUT2D eigenvalue weighted by molar-refractivity contribution is 5.76. The van der Waals surface area contributed by atoms with Gasteiger partial charge in [-0.2, -0.15) is 10.4 Å². The normalized spacial score (nSPS) is 10.6. The van der Waals surface area contributed by atoms with Crippen molar-refractivity contribution in [2.24, 2.45) is 0 Å². The summed E-state index contributed by atoms with van der Waals surface area (Å²) in [7, 11) is 0. The molecule has 1 N–H and O–H groups in total. The number of benzene rings is 1. The monoisotopic (exact) mass is 347 g/mol. The molecule has 1 aromatic carbocycles. The number of hydrogen-bond acceptors (Lipinski definition) is 4. The molecular formula is C20H21N5O. The Morgan fingerprint density at radius 3 is 2.81 bits per heavy atom. The van der Waals surface area contributed by atoms with Gasteiger partial charge in [0.1, 0.15) is 0 Å². The molecule has 0 aliphatic heterocycles. The number of aryl methyl sites for hydroxylation is 3. The first-order valence-corrected chi connectivity index (χ1v) is 8.71. The molecule has 0 atom stereocenters. The second kappa shape index (κ2) is 8.26. The summed E-state index contributed by atoms with van der Waals surface area (Å²) in [5, 5.41) is 16.1. The first kappa shape index (κ1) is 17.6. The van der Waals surface area contributed by atoms with Gasteiger partial charge in [-0.1, -0.05) is 12.1 Å². The van der Waals surface area contributed by atoms with Crippen molar-refractivity contribution in [1.29, 1.82) is 5.26 Å². The molecule has 0 aliphatic rings. The summed E-state index contributed by atoms with van der Waals surface area (Å²) < 4.78 is 1.79. The molecule has 0 unspecified atom stereocenters. The van der Waals surface area contributed by atoms with Crippen LogP contribution in [-0.4, -0.2) is 27.0 Å². The highest BCUT2D eigenvalue weighted by Crippen LogP contribution is 2.07. The highest BCUT2D eigenvalue weighted by atomic mass is 16.1. The van der Waals surface area contributed by atoms with Crippen LogP contribution in [0.1, 0.15) is 35.2 Å². The number of amides is 1. The Labute approximate surface area is 152 Å². The van der Waals surface area contributed by atoms with Gasteiger partial charge in [-0.3, -0.25) is 4.79 Å². The average Bonchev–Trinajstić information content (AvgIpc) is 3.03. The van der Waals surface area contributed by atoms with Crippen molar-refractivity contribution < 1.29 is 4.79 Å². The quantitative estimate of drug-likeness (QED) is 0.666. The molecule has 2 aromatic heterocycles. The molecule has 2 heterocycles. The van der Waals surface area contributed by atoms with Crippen molar-refractivity contribution in [3.8, 4) is 6.07 Å². The Morgan fingerprint density at radius 1 is 1.23 bits per heavy atom. The van der Waals surface area contributed by atoms with Crippen LogP contribution in [0.5, 0.6) is 0 Å². The number of aromatic nitrogens is 3. The Bertz CT molecular complexity index is 937. The van der Waals surface area contributed by atoms with Gasteiger partial charge in [0.15, 0.2) is 5.65 Å². The van der Waals surface area contributed by atoms with Crippen molar-refractivity contribution in [2.75, 3.05) is 6.54 Å². The van der Waals surface area contributed by atoms with Crippen LogP contribution in [0.15, 0.2) is 42.7 Å². The van der Waals surface area contributed by atoms with Gasteiger partial charge in [0.25, 0.3) is 0 Å². The number of nitrogens with zero attached hydrogens (tertiary/aromatic N) is 4. The van der Waals surface area contributed by atoms with Gasteiger partial charge < -0.3 is 5.32 Å². The zero-order valence-corrected chi connectivity index (χ0v) is 14.8. The van der Waals surface area contributed by atoms with Gasteiger partial charge in [-0.15, -0.1) is 0 Å². The smallest absolute Gasteiger partial charge is 0.220 e. The molecule has 6 heteroatoms. The molecule has 26 heavy (non-hydrogen) atoms. The maximum absolute atomic E-state index is 11.9. The van der Waals surface area contributed by atoms with Crippen LogP contribution < -0.4 is 5.32 Å². The summed E-state index contributed by atoms with van der Waals surface area (Å²) in [6, 6.07) is 11.4. The van der Waals surface area contributed by atoms with E-state index in [-0.39, 0.29) is 5.91 Å². The van der Waals surface area contributed by atoms with Crippen LogP contribution in [0.25, 0.3) is 5.65 Å². The molecule has 3 aromatic rings. The summed E-state index contributed by atoms with van der Waals surface area (Å²) >= 11 is 0. The van der Waals surface area contributed by atoms with E-state index in [1.165, 1.54) is 0 Å². The number of carbonyl (C=O) groups is 1. The molecule has 0 fully saturated rings. The van der Waals surface area contributed by atoms with Crippen LogP contribution in [0, 0.1) is 18.3 Å². The molecule has 0 spiro atoms. The molecule has 1 amide bonds. The van der Waals surface area contributed by atoms with E-state index in [1.54, 1.807) is 16.6 Å². The molecule has 0 aliphatic carbocycles. The van der Waals surface area contributed by atoms with Gasteiger partial charge in [-0.05, 0) is 49.4 Å². The van der Waals surface area contributed by atoms with Crippen LogP contribution in [0.4, 0.5) is 0 Å². The standard InChI is InChI=1S/C20H21N5O/c1-15-11-19-23-13-18(14-25(19)24-15)3-2-10-22-20(26)9-8-16-4-6-17(12-21)7-5-16/h4-7,11,13-14H,2-3,8-10H2,1H3,(H,22,26). The summed E-state index contributed by atoms with van der Waals surface area (Å²) in [6.45, 7) is 2.59. The van der Waals surface area contributed by atoms with E-state index in [9.17, 15) is 4.79 Å². The van der Waals surface area contributed by atoms with E-state index in [0.717, 1.165) is 35.3 Å². The minimum atomic E-state index is 0.0469. The SMILES string of the molecule is Cc1cc2ncc(CCCNC(=O)CCc3ccc(C#N)cc3)cn2n1. The van der Waals surface area contributed by atoms with E-state index in [2.05, 4.69) is 21.5 Å². The first-order valence-electron chi connectivity index (χ1n) is 8.71. The van der Waals surface area contributed by atoms with Gasteiger partial charge in [-0.25, -0.2) is 9.50 Å². The van der Waals surface area contributed by atoms with Crippen LogP contribution >= 0.6 is 0 Å². The van der Waals surface area contributed by atoms with Crippen molar-refractivity contribution in [3.63, 3.8) is 0 Å². The van der Waals surface area contributed by atoms with E-state index in [1.807, 2.05) is 37.5 Å². The lowest BCUT2D eigenvalue weighted by molar-refractivity contribution is -0.121. The number of rotatable bonds is 7. The van der Waals surface area contributed by atoms with Crippen molar-refractivity contribution in [2.45, 2.75) is 32.6 Å². The first-order chi connectivity index (χ1) is 12.6. The third-order valence-electron chi connectivity index (χ3n) is 4.18. The van der Waals surface area contributed by atoms with E-state index >= 15 is 0 Å². The van der Waals surface area contributed by atoms with E-state index in [0.29, 0.717) is 24.9 Å². The fourth-order valence-corrected chi connectivity index (χ4v) is 2.78. The molecule has 3 rings (SSSR count). The Hall–Kier alpha value is -3.20. The van der Waals surface area contributed by atoms with Crippen molar-refractivity contribution in [3.05, 3.63) is 65.1 Å². The minimum Gasteiger partial charge on any atom is -0.356 e. The van der Waals surface area contributed by atoms with E-state index < -0.39 is 0 Å². The van der Waals surface area contributed by atoms with E-state index in [4.69, 9.17) is 5.26 Å². The number of carbonyl (C=O) groups excluding carboxylic acids is 1. The maximum Gasteiger partial charge on any atom is 0.220 e. The zero-order valence-electron chi connectivity index (χ0n) is 14.8. The molecule has 0 saturated carbocycles. The molecule has 0 saturated heterocycles. The van der Waals surface area contributed by atoms with Gasteiger partial charge in [0, 0.05) is 31.4 Å². The largest absolute Gasteiger partial charge is 0.356 e.